The summed E-state index contributed by atoms with van der Waals surface area (Å²) < 4.78 is 2.77. The van der Waals surface area contributed by atoms with Crippen molar-refractivity contribution in [2.24, 2.45) is 7.05 Å². The summed E-state index contributed by atoms with van der Waals surface area (Å²) in [6, 6.07) is 1.85. The van der Waals surface area contributed by atoms with E-state index in [1.165, 1.54) is 0 Å². The van der Waals surface area contributed by atoms with Crippen LogP contribution >= 0.6 is 15.9 Å². The Balaban J connectivity index is 2.08. The smallest absolute Gasteiger partial charge is 0.268 e. The van der Waals surface area contributed by atoms with Crippen molar-refractivity contribution in [1.29, 1.82) is 0 Å². The first-order valence-corrected chi connectivity index (χ1v) is 6.65. The predicted octanol–water partition coefficient (Wildman–Crippen LogP) is 1.66. The van der Waals surface area contributed by atoms with Gasteiger partial charge in [-0.25, -0.2) is 0 Å². The molecule has 0 unspecified atom stereocenters. The number of aryl methyl sites for hydroxylation is 1. The highest BCUT2D eigenvalue weighted by Gasteiger charge is 2.29. The quantitative estimate of drug-likeness (QED) is 0.872. The molecule has 0 radical (unpaired) electrons. The van der Waals surface area contributed by atoms with Crippen molar-refractivity contribution in [2.75, 3.05) is 13.1 Å². The number of nitrogens with one attached hydrogen (secondary N) is 2. The van der Waals surface area contributed by atoms with Crippen LogP contribution in [-0.2, 0) is 7.05 Å². The number of carbonyl (C=O) groups is 1. The highest BCUT2D eigenvalue weighted by atomic mass is 79.9. The monoisotopic (exact) mass is 299 g/mol. The van der Waals surface area contributed by atoms with Gasteiger partial charge in [-0.05, 0) is 54.9 Å². The molecule has 1 fully saturated rings. The molecule has 1 amide bonds. The summed E-state index contributed by atoms with van der Waals surface area (Å²) in [5.74, 6) is 0.00241. The molecular formula is C12H18BrN3O. The summed E-state index contributed by atoms with van der Waals surface area (Å²) in [5, 5.41) is 6.45. The third kappa shape index (κ3) is 2.90. The van der Waals surface area contributed by atoms with Gasteiger partial charge in [0, 0.05) is 23.3 Å². The Hall–Kier alpha value is -0.810. The summed E-state index contributed by atoms with van der Waals surface area (Å²) in [7, 11) is 1.88. The number of rotatable bonds is 2. The fourth-order valence-corrected chi connectivity index (χ4v) is 2.72. The van der Waals surface area contributed by atoms with Gasteiger partial charge >= 0.3 is 0 Å². The predicted molar refractivity (Wildman–Crippen MR) is 71.1 cm³/mol. The van der Waals surface area contributed by atoms with E-state index in [1.54, 1.807) is 0 Å². The average Bonchev–Trinajstić information content (AvgIpc) is 2.58. The second kappa shape index (κ2) is 4.82. The van der Waals surface area contributed by atoms with E-state index >= 15 is 0 Å². The topological polar surface area (TPSA) is 46.1 Å². The van der Waals surface area contributed by atoms with Crippen LogP contribution in [0.2, 0.25) is 0 Å². The number of hydrogen-bond acceptors (Lipinski definition) is 2. The van der Waals surface area contributed by atoms with Crippen LogP contribution in [-0.4, -0.2) is 29.1 Å². The van der Waals surface area contributed by atoms with Gasteiger partial charge in [0.1, 0.15) is 5.69 Å². The Labute approximate surface area is 110 Å². The minimum atomic E-state index is -0.0842. The molecular weight excluding hydrogens is 282 g/mol. The highest BCUT2D eigenvalue weighted by Crippen LogP contribution is 2.19. The number of nitrogens with zero attached hydrogens (tertiary/aromatic N) is 1. The Morgan fingerprint density at radius 1 is 1.53 bits per heavy atom. The van der Waals surface area contributed by atoms with Gasteiger partial charge in [-0.1, -0.05) is 0 Å². The van der Waals surface area contributed by atoms with Gasteiger partial charge in [-0.2, -0.15) is 0 Å². The molecule has 2 rings (SSSR count). The lowest BCUT2D eigenvalue weighted by atomic mass is 9.90. The third-order valence-corrected chi connectivity index (χ3v) is 3.76. The Morgan fingerprint density at radius 2 is 2.18 bits per heavy atom. The van der Waals surface area contributed by atoms with Gasteiger partial charge in [0.2, 0.25) is 0 Å². The Morgan fingerprint density at radius 3 is 2.71 bits per heavy atom. The van der Waals surface area contributed by atoms with E-state index in [-0.39, 0.29) is 11.4 Å². The van der Waals surface area contributed by atoms with Crippen LogP contribution in [0.15, 0.2) is 16.7 Å². The molecule has 0 atom stereocenters. The van der Waals surface area contributed by atoms with E-state index < -0.39 is 0 Å². The first-order valence-electron chi connectivity index (χ1n) is 5.85. The van der Waals surface area contributed by atoms with Gasteiger partial charge in [0.25, 0.3) is 5.91 Å². The SMILES string of the molecule is Cn1cc(Br)cc1C(=O)NC1(C)CCNCC1. The first-order chi connectivity index (χ1) is 8.00. The molecule has 0 aliphatic carbocycles. The zero-order valence-electron chi connectivity index (χ0n) is 10.2. The molecule has 0 saturated carbocycles. The lowest BCUT2D eigenvalue weighted by Crippen LogP contribution is -2.52. The van der Waals surface area contributed by atoms with Crippen LogP contribution in [0.3, 0.4) is 0 Å². The lowest BCUT2D eigenvalue weighted by Gasteiger charge is -2.35. The van der Waals surface area contributed by atoms with Gasteiger partial charge in [0.15, 0.2) is 0 Å². The van der Waals surface area contributed by atoms with Crippen LogP contribution in [0, 0.1) is 0 Å². The second-order valence-corrected chi connectivity index (χ2v) is 5.83. The maximum Gasteiger partial charge on any atom is 0.268 e. The summed E-state index contributed by atoms with van der Waals surface area (Å²) in [4.78, 5) is 12.2. The Bertz CT molecular complexity index is 421. The zero-order chi connectivity index (χ0) is 12.5. The summed E-state index contributed by atoms with van der Waals surface area (Å²) in [6.07, 6.45) is 3.84. The van der Waals surface area contributed by atoms with Crippen LogP contribution in [0.5, 0.6) is 0 Å². The fraction of sp³-hybridized carbons (Fsp3) is 0.583. The Kier molecular flexibility index (Phi) is 3.58. The molecule has 0 bridgehead atoms. The number of hydrogen-bond donors (Lipinski definition) is 2. The molecule has 1 aromatic heterocycles. The van der Waals surface area contributed by atoms with Crippen LogP contribution in [0.4, 0.5) is 0 Å². The van der Waals surface area contributed by atoms with Crippen LogP contribution in [0.25, 0.3) is 0 Å². The van der Waals surface area contributed by atoms with E-state index in [1.807, 2.05) is 23.9 Å². The van der Waals surface area contributed by atoms with Gasteiger partial charge < -0.3 is 15.2 Å². The number of aromatic nitrogens is 1. The summed E-state index contributed by atoms with van der Waals surface area (Å²) in [6.45, 7) is 4.05. The molecule has 4 nitrogen and oxygen atoms in total. The molecule has 2 heterocycles. The van der Waals surface area contributed by atoms with Crippen molar-refractivity contribution >= 4 is 21.8 Å². The van der Waals surface area contributed by atoms with E-state index in [2.05, 4.69) is 33.5 Å². The van der Waals surface area contributed by atoms with Crippen molar-refractivity contribution in [3.63, 3.8) is 0 Å². The normalized spacial score (nSPS) is 19.0. The summed E-state index contributed by atoms with van der Waals surface area (Å²) in [5.41, 5.74) is 0.607. The molecule has 1 saturated heterocycles. The number of amides is 1. The molecule has 5 heteroatoms. The van der Waals surface area contributed by atoms with Crippen LogP contribution < -0.4 is 10.6 Å². The molecule has 1 aliphatic rings. The highest BCUT2D eigenvalue weighted by molar-refractivity contribution is 9.10. The molecule has 94 valence electrons. The van der Waals surface area contributed by atoms with Crippen molar-refractivity contribution in [3.8, 4) is 0 Å². The minimum absolute atomic E-state index is 0.00241. The van der Waals surface area contributed by atoms with E-state index in [4.69, 9.17) is 0 Å². The molecule has 2 N–H and O–H groups in total. The zero-order valence-corrected chi connectivity index (χ0v) is 11.8. The fourth-order valence-electron chi connectivity index (χ4n) is 2.19. The number of carbonyl (C=O) groups excluding carboxylic acids is 1. The molecule has 1 aromatic rings. The summed E-state index contributed by atoms with van der Waals surface area (Å²) >= 11 is 3.38. The van der Waals surface area contributed by atoms with E-state index in [9.17, 15) is 4.79 Å². The average molecular weight is 300 g/mol. The van der Waals surface area contributed by atoms with Crippen molar-refractivity contribution in [1.82, 2.24) is 15.2 Å². The van der Waals surface area contributed by atoms with Gasteiger partial charge in [-0.3, -0.25) is 4.79 Å². The third-order valence-electron chi connectivity index (χ3n) is 3.33. The number of piperidine rings is 1. The molecule has 1 aliphatic heterocycles. The maximum atomic E-state index is 12.2. The second-order valence-electron chi connectivity index (χ2n) is 4.92. The van der Waals surface area contributed by atoms with Crippen molar-refractivity contribution < 1.29 is 4.79 Å². The van der Waals surface area contributed by atoms with Gasteiger partial charge in [-0.15, -0.1) is 0 Å². The van der Waals surface area contributed by atoms with Crippen molar-refractivity contribution in [2.45, 2.75) is 25.3 Å². The maximum absolute atomic E-state index is 12.2. The van der Waals surface area contributed by atoms with E-state index in [0.717, 1.165) is 30.4 Å². The van der Waals surface area contributed by atoms with Crippen molar-refractivity contribution in [3.05, 3.63) is 22.4 Å². The van der Waals surface area contributed by atoms with Gasteiger partial charge in [0.05, 0.1) is 0 Å². The molecule has 17 heavy (non-hydrogen) atoms. The molecule has 0 aromatic carbocycles. The van der Waals surface area contributed by atoms with E-state index in [0.29, 0.717) is 5.69 Å². The number of halogens is 1. The van der Waals surface area contributed by atoms with Crippen LogP contribution in [0.1, 0.15) is 30.3 Å². The first kappa shape index (κ1) is 12.6. The largest absolute Gasteiger partial charge is 0.346 e. The molecule has 0 spiro atoms. The lowest BCUT2D eigenvalue weighted by molar-refractivity contribution is 0.0879. The standard InChI is InChI=1S/C12H18BrN3O/c1-12(3-5-14-6-4-12)15-11(17)10-7-9(13)8-16(10)2/h7-8,14H,3-6H2,1-2H3,(H,15,17). The minimum Gasteiger partial charge on any atom is -0.346 e.